The van der Waals surface area contributed by atoms with Gasteiger partial charge in [0, 0.05) is 24.7 Å². The molecule has 1 saturated carbocycles. The molecule has 2 aromatic rings. The van der Waals surface area contributed by atoms with Crippen molar-refractivity contribution in [3.8, 4) is 0 Å². The van der Waals surface area contributed by atoms with Crippen molar-refractivity contribution in [3.05, 3.63) is 42.9 Å². The smallest absolute Gasteiger partial charge is 0.346 e. The number of esters is 1. The van der Waals surface area contributed by atoms with E-state index in [1.54, 1.807) is 24.5 Å². The summed E-state index contributed by atoms with van der Waals surface area (Å²) in [5, 5.41) is 14.6. The van der Waals surface area contributed by atoms with E-state index >= 15 is 0 Å². The number of carbonyl (C=O) groups is 2. The second-order valence-corrected chi connectivity index (χ2v) is 10.2. The van der Waals surface area contributed by atoms with Crippen molar-refractivity contribution >= 4 is 17.6 Å². The van der Waals surface area contributed by atoms with Gasteiger partial charge in [0.25, 0.3) is 5.91 Å². The third-order valence-corrected chi connectivity index (χ3v) is 8.03. The molecule has 9 nitrogen and oxygen atoms in total. The number of rotatable bonds is 7. The molecule has 6 rings (SSSR count). The lowest BCUT2D eigenvalue weighted by Gasteiger charge is -2.52. The Hall–Kier alpha value is -2.30. The number of hydrogen-bond acceptors (Lipinski definition) is 7. The number of ether oxygens (including phenoxy) is 1. The Labute approximate surface area is 215 Å². The van der Waals surface area contributed by atoms with Gasteiger partial charge in [-0.15, -0.1) is 0 Å². The minimum absolute atomic E-state index is 0. The zero-order valence-corrected chi connectivity index (χ0v) is 21.4. The number of aliphatic hydroxyl groups is 1. The molecule has 0 aromatic carbocycles. The van der Waals surface area contributed by atoms with Crippen molar-refractivity contribution in [1.29, 1.82) is 0 Å². The molecule has 4 aliphatic rings. The first-order chi connectivity index (χ1) is 16.5. The van der Waals surface area contributed by atoms with Gasteiger partial charge in [-0.25, -0.2) is 14.8 Å². The number of piperidine rings is 3. The number of aromatic nitrogens is 2. The zero-order chi connectivity index (χ0) is 23.6. The maximum absolute atomic E-state index is 13.5. The largest absolute Gasteiger partial charge is 1.00 e. The van der Waals surface area contributed by atoms with E-state index in [0.29, 0.717) is 23.3 Å². The number of nitrogens with zero attached hydrogens (tertiary/aromatic N) is 3. The molecule has 4 fully saturated rings. The monoisotopic (exact) mass is 548 g/mol. The van der Waals surface area contributed by atoms with Gasteiger partial charge >= 0.3 is 5.97 Å². The van der Waals surface area contributed by atoms with E-state index in [-0.39, 0.29) is 46.6 Å². The Morgan fingerprint density at radius 2 is 1.86 bits per heavy atom. The number of nitrogens with one attached hydrogen (secondary N) is 1. The Balaban J connectivity index is 0.00000289. The van der Waals surface area contributed by atoms with E-state index in [1.807, 2.05) is 0 Å². The predicted octanol–water partition coefficient (Wildman–Crippen LogP) is -0.368. The van der Waals surface area contributed by atoms with Crippen molar-refractivity contribution in [3.63, 3.8) is 0 Å². The van der Waals surface area contributed by atoms with Gasteiger partial charge in [0.1, 0.15) is 18.6 Å². The summed E-state index contributed by atoms with van der Waals surface area (Å²) in [4.78, 5) is 34.2. The van der Waals surface area contributed by atoms with Crippen LogP contribution in [0.5, 0.6) is 0 Å². The van der Waals surface area contributed by atoms with Crippen LogP contribution in [0.2, 0.25) is 0 Å². The molecule has 2 atom stereocenters. The molecule has 1 aliphatic carbocycles. The molecule has 5 heterocycles. The van der Waals surface area contributed by atoms with Crippen LogP contribution in [0.15, 0.2) is 41.5 Å². The number of amides is 1. The molecular formula is C25H33BrN4O5. The summed E-state index contributed by atoms with van der Waals surface area (Å²) >= 11 is 0. The Bertz CT molecular complexity index is 991. The summed E-state index contributed by atoms with van der Waals surface area (Å²) in [7, 11) is 0. The van der Waals surface area contributed by atoms with Gasteiger partial charge in [-0.3, -0.25) is 4.79 Å². The summed E-state index contributed by atoms with van der Waals surface area (Å²) in [6.07, 6.45) is 12.1. The van der Waals surface area contributed by atoms with Gasteiger partial charge in [-0.05, 0) is 25.0 Å². The minimum Gasteiger partial charge on any atom is -1.00 e. The highest BCUT2D eigenvalue weighted by molar-refractivity contribution is 5.91. The van der Waals surface area contributed by atoms with Crippen molar-refractivity contribution < 1.29 is 45.3 Å². The third-order valence-electron chi connectivity index (χ3n) is 8.03. The van der Waals surface area contributed by atoms with Gasteiger partial charge in [0.2, 0.25) is 5.60 Å². The van der Waals surface area contributed by atoms with Crippen LogP contribution in [0.3, 0.4) is 0 Å². The molecule has 3 saturated heterocycles. The molecule has 1 unspecified atom stereocenters. The maximum Gasteiger partial charge on any atom is 0.346 e. The fourth-order valence-electron chi connectivity index (χ4n) is 6.16. The second kappa shape index (κ2) is 10.8. The number of quaternary nitrogens is 1. The molecule has 190 valence electrons. The van der Waals surface area contributed by atoms with Crippen LogP contribution in [-0.2, 0) is 19.9 Å². The molecule has 0 spiro atoms. The molecule has 2 aromatic heterocycles. The molecule has 35 heavy (non-hydrogen) atoms. The Kier molecular flexibility index (Phi) is 7.92. The van der Waals surface area contributed by atoms with E-state index in [9.17, 15) is 14.7 Å². The highest BCUT2D eigenvalue weighted by Crippen LogP contribution is 2.42. The maximum atomic E-state index is 13.5. The summed E-state index contributed by atoms with van der Waals surface area (Å²) in [6.45, 7) is 2.64. The van der Waals surface area contributed by atoms with Crippen molar-refractivity contribution in [2.75, 3.05) is 31.5 Å². The Morgan fingerprint density at radius 3 is 2.51 bits per heavy atom. The molecule has 2 N–H and O–H groups in total. The topological polar surface area (TPSA) is 115 Å². The highest BCUT2D eigenvalue weighted by Gasteiger charge is 2.54. The van der Waals surface area contributed by atoms with Gasteiger partial charge < -0.3 is 41.0 Å². The number of hydrogen-bond donors (Lipinski definition) is 2. The number of fused-ring (bicyclic) bond motifs is 3. The summed E-state index contributed by atoms with van der Waals surface area (Å²) in [6, 6.07) is 3.36. The van der Waals surface area contributed by atoms with Crippen LogP contribution in [0.1, 0.15) is 50.7 Å². The molecule has 3 aliphatic heterocycles. The van der Waals surface area contributed by atoms with E-state index in [2.05, 4.69) is 15.3 Å². The number of furan rings is 1. The fraction of sp³-hybridized carbons (Fsp3) is 0.600. The standard InChI is InChI=1S/C25H32N4O5.BrH/c30-23(28-20-13-26-17-27-14-20)16-29-10-8-18(9-11-29)21(15-29)34-24(31)25(32,22-7-4-12-33-22)19-5-2-1-3-6-19;/h4,7,12-14,17-19,21,32H,1-3,5-6,8-11,15-16H2;1H/t18?,21?,25-,29?;/m1./s1. The second-order valence-electron chi connectivity index (χ2n) is 10.2. The SMILES string of the molecule is O=C(C[N+]12CCC(CC1)C(OC(=O)[C@](O)(c1ccco1)C1CCCCC1)C2)Nc1cncnc1.[Br-]. The summed E-state index contributed by atoms with van der Waals surface area (Å²) in [5.74, 6) is -0.421. The average Bonchev–Trinajstić information content (AvgIpc) is 3.40. The van der Waals surface area contributed by atoms with Gasteiger partial charge in [-0.1, -0.05) is 19.3 Å². The summed E-state index contributed by atoms with van der Waals surface area (Å²) < 4.78 is 12.2. The van der Waals surface area contributed by atoms with Crippen LogP contribution in [0.4, 0.5) is 5.69 Å². The molecule has 2 bridgehead atoms. The lowest BCUT2D eigenvalue weighted by Crippen LogP contribution is -3.00. The van der Waals surface area contributed by atoms with Gasteiger partial charge in [-0.2, -0.15) is 0 Å². The molecule has 1 amide bonds. The van der Waals surface area contributed by atoms with E-state index in [1.165, 1.54) is 12.6 Å². The normalized spacial score (nSPS) is 27.9. The van der Waals surface area contributed by atoms with Gasteiger partial charge in [0.15, 0.2) is 12.6 Å². The third kappa shape index (κ3) is 5.29. The lowest BCUT2D eigenvalue weighted by molar-refractivity contribution is -0.939. The highest BCUT2D eigenvalue weighted by atomic mass is 79.9. The lowest BCUT2D eigenvalue weighted by atomic mass is 9.75. The average molecular weight is 549 g/mol. The van der Waals surface area contributed by atoms with E-state index in [0.717, 1.165) is 58.0 Å². The van der Waals surface area contributed by atoms with Crippen molar-refractivity contribution in [2.45, 2.75) is 56.7 Å². The predicted molar refractivity (Wildman–Crippen MR) is 122 cm³/mol. The number of carbonyl (C=O) groups excluding carboxylic acids is 2. The van der Waals surface area contributed by atoms with Crippen molar-refractivity contribution in [2.24, 2.45) is 11.8 Å². The van der Waals surface area contributed by atoms with Crippen LogP contribution in [0, 0.1) is 11.8 Å². The van der Waals surface area contributed by atoms with E-state index < -0.39 is 11.6 Å². The molecule has 0 radical (unpaired) electrons. The first-order valence-corrected chi connectivity index (χ1v) is 12.4. The first-order valence-electron chi connectivity index (χ1n) is 12.4. The van der Waals surface area contributed by atoms with E-state index in [4.69, 9.17) is 9.15 Å². The van der Waals surface area contributed by atoms with Gasteiger partial charge in [0.05, 0.1) is 37.4 Å². The first kappa shape index (κ1) is 25.8. The van der Waals surface area contributed by atoms with Crippen molar-refractivity contribution in [1.82, 2.24) is 9.97 Å². The quantitative estimate of drug-likeness (QED) is 0.358. The fourth-order valence-corrected chi connectivity index (χ4v) is 6.16. The van der Waals surface area contributed by atoms with Crippen LogP contribution >= 0.6 is 0 Å². The van der Waals surface area contributed by atoms with Crippen LogP contribution in [0.25, 0.3) is 0 Å². The molecular weight excluding hydrogens is 516 g/mol. The minimum atomic E-state index is -1.77. The number of halogens is 1. The molecule has 10 heteroatoms. The Morgan fingerprint density at radius 1 is 1.14 bits per heavy atom. The number of anilines is 1. The summed E-state index contributed by atoms with van der Waals surface area (Å²) in [5.41, 5.74) is -1.21. The van der Waals surface area contributed by atoms with Crippen LogP contribution in [-0.4, -0.2) is 63.7 Å². The zero-order valence-electron chi connectivity index (χ0n) is 19.8. The van der Waals surface area contributed by atoms with Crippen LogP contribution < -0.4 is 22.3 Å².